The molecule has 31 heavy (non-hydrogen) atoms. The van der Waals surface area contributed by atoms with Crippen molar-refractivity contribution < 1.29 is 9.32 Å². The van der Waals surface area contributed by atoms with Crippen molar-refractivity contribution >= 4 is 23.3 Å². The minimum absolute atomic E-state index is 0.0243. The average molecular weight is 438 g/mol. The summed E-state index contributed by atoms with van der Waals surface area (Å²) in [6.45, 7) is 2.69. The molecule has 5 rings (SSSR count). The molecule has 160 valence electrons. The number of aromatic nitrogens is 3. The van der Waals surface area contributed by atoms with Gasteiger partial charge in [0.2, 0.25) is 11.7 Å². The van der Waals surface area contributed by atoms with Crippen LogP contribution >= 0.6 is 11.6 Å². The molecule has 1 aliphatic carbocycles. The van der Waals surface area contributed by atoms with E-state index in [0.717, 1.165) is 43.2 Å². The fraction of sp³-hybridized carbons (Fsp3) is 0.391. The SMILES string of the molecule is O=C(c1ccccc1Cl)N1CCN(c2ccc(-c3noc(C4CCCC4)n3)cn2)CC1. The number of halogens is 1. The summed E-state index contributed by atoms with van der Waals surface area (Å²) in [5.41, 5.74) is 1.40. The summed E-state index contributed by atoms with van der Waals surface area (Å²) in [4.78, 5) is 26.0. The Bertz CT molecular complexity index is 1050. The molecule has 3 heterocycles. The van der Waals surface area contributed by atoms with E-state index in [-0.39, 0.29) is 5.91 Å². The topological polar surface area (TPSA) is 75.4 Å². The highest BCUT2D eigenvalue weighted by Gasteiger charge is 2.25. The number of pyridine rings is 1. The summed E-state index contributed by atoms with van der Waals surface area (Å²) < 4.78 is 5.48. The quantitative estimate of drug-likeness (QED) is 0.602. The average Bonchev–Trinajstić information content (AvgIpc) is 3.51. The molecular weight excluding hydrogens is 414 g/mol. The lowest BCUT2D eigenvalue weighted by Crippen LogP contribution is -2.49. The molecule has 0 spiro atoms. The zero-order valence-corrected chi connectivity index (χ0v) is 18.0. The van der Waals surface area contributed by atoms with Gasteiger partial charge < -0.3 is 14.3 Å². The van der Waals surface area contributed by atoms with Gasteiger partial charge >= 0.3 is 0 Å². The predicted octanol–water partition coefficient (Wildman–Crippen LogP) is 4.41. The Morgan fingerprint density at radius 3 is 2.52 bits per heavy atom. The van der Waals surface area contributed by atoms with Gasteiger partial charge in [-0.3, -0.25) is 4.79 Å². The molecule has 1 aromatic carbocycles. The second-order valence-electron chi connectivity index (χ2n) is 8.10. The molecule has 3 aromatic rings. The van der Waals surface area contributed by atoms with Crippen molar-refractivity contribution in [2.75, 3.05) is 31.1 Å². The highest BCUT2D eigenvalue weighted by atomic mass is 35.5. The van der Waals surface area contributed by atoms with Crippen LogP contribution in [0, 0.1) is 0 Å². The molecule has 0 N–H and O–H groups in total. The maximum atomic E-state index is 12.7. The minimum Gasteiger partial charge on any atom is -0.353 e. The molecule has 0 atom stereocenters. The molecule has 8 heteroatoms. The van der Waals surface area contributed by atoms with Gasteiger partial charge in [0, 0.05) is 43.9 Å². The van der Waals surface area contributed by atoms with Crippen molar-refractivity contribution in [2.24, 2.45) is 0 Å². The molecule has 2 fully saturated rings. The molecule has 0 unspecified atom stereocenters. The Balaban J connectivity index is 1.21. The number of anilines is 1. The van der Waals surface area contributed by atoms with Gasteiger partial charge in [-0.25, -0.2) is 4.98 Å². The van der Waals surface area contributed by atoms with Crippen LogP contribution in [0.5, 0.6) is 0 Å². The number of benzene rings is 1. The smallest absolute Gasteiger partial charge is 0.255 e. The van der Waals surface area contributed by atoms with Crippen LogP contribution in [0.2, 0.25) is 5.02 Å². The first-order valence-corrected chi connectivity index (χ1v) is 11.2. The molecule has 1 saturated carbocycles. The molecule has 1 aliphatic heterocycles. The molecule has 2 aliphatic rings. The lowest BCUT2D eigenvalue weighted by Gasteiger charge is -2.35. The zero-order valence-electron chi connectivity index (χ0n) is 17.2. The van der Waals surface area contributed by atoms with Crippen molar-refractivity contribution in [3.8, 4) is 11.4 Å². The number of piperazine rings is 1. The van der Waals surface area contributed by atoms with Gasteiger partial charge in [-0.2, -0.15) is 4.98 Å². The van der Waals surface area contributed by atoms with Gasteiger partial charge in [0.1, 0.15) is 5.82 Å². The van der Waals surface area contributed by atoms with Gasteiger partial charge in [0.05, 0.1) is 10.6 Å². The maximum Gasteiger partial charge on any atom is 0.255 e. The van der Waals surface area contributed by atoms with E-state index in [2.05, 4.69) is 20.0 Å². The first-order valence-electron chi connectivity index (χ1n) is 10.8. The van der Waals surface area contributed by atoms with Crippen LogP contribution in [-0.4, -0.2) is 52.1 Å². The normalized spacial score (nSPS) is 17.3. The third kappa shape index (κ3) is 4.14. The van der Waals surface area contributed by atoms with Crippen molar-refractivity contribution in [3.05, 3.63) is 59.1 Å². The van der Waals surface area contributed by atoms with E-state index in [1.165, 1.54) is 12.8 Å². The molecule has 1 saturated heterocycles. The first kappa shape index (κ1) is 20.0. The number of hydrogen-bond acceptors (Lipinski definition) is 6. The van der Waals surface area contributed by atoms with Gasteiger partial charge in [-0.15, -0.1) is 0 Å². The van der Waals surface area contributed by atoms with Gasteiger partial charge in [-0.1, -0.05) is 41.7 Å². The van der Waals surface area contributed by atoms with E-state index < -0.39 is 0 Å². The molecule has 2 aromatic heterocycles. The second-order valence-corrected chi connectivity index (χ2v) is 8.51. The highest BCUT2D eigenvalue weighted by Crippen LogP contribution is 2.34. The van der Waals surface area contributed by atoms with Crippen molar-refractivity contribution in [1.29, 1.82) is 0 Å². The lowest BCUT2D eigenvalue weighted by molar-refractivity contribution is 0.0746. The van der Waals surface area contributed by atoms with E-state index >= 15 is 0 Å². The second kappa shape index (κ2) is 8.67. The zero-order chi connectivity index (χ0) is 21.2. The van der Waals surface area contributed by atoms with E-state index in [1.54, 1.807) is 18.3 Å². The van der Waals surface area contributed by atoms with Crippen molar-refractivity contribution in [3.63, 3.8) is 0 Å². The molecule has 0 radical (unpaired) electrons. The number of nitrogens with zero attached hydrogens (tertiary/aromatic N) is 5. The Hall–Kier alpha value is -2.93. The van der Waals surface area contributed by atoms with Crippen LogP contribution in [-0.2, 0) is 0 Å². The summed E-state index contributed by atoms with van der Waals surface area (Å²) in [6.07, 6.45) is 6.51. The van der Waals surface area contributed by atoms with Crippen LogP contribution < -0.4 is 4.90 Å². The minimum atomic E-state index is -0.0243. The standard InChI is InChI=1S/C23H24ClN5O2/c24-19-8-4-3-7-18(19)23(30)29-13-11-28(12-14-29)20-10-9-17(15-25-20)21-26-22(31-27-21)16-5-1-2-6-16/h3-4,7-10,15-16H,1-2,5-6,11-14H2. The first-order chi connectivity index (χ1) is 15.2. The number of carbonyl (C=O) groups excluding carboxylic acids is 1. The van der Waals surface area contributed by atoms with Crippen LogP contribution in [0.25, 0.3) is 11.4 Å². The number of carbonyl (C=O) groups is 1. The van der Waals surface area contributed by atoms with Gasteiger partial charge in [0.15, 0.2) is 0 Å². The Morgan fingerprint density at radius 2 is 1.81 bits per heavy atom. The Labute approximate surface area is 186 Å². The third-order valence-electron chi connectivity index (χ3n) is 6.15. The number of rotatable bonds is 4. The van der Waals surface area contributed by atoms with Crippen LogP contribution in [0.15, 0.2) is 47.1 Å². The molecule has 1 amide bonds. The van der Waals surface area contributed by atoms with Gasteiger partial charge in [-0.05, 0) is 37.1 Å². The van der Waals surface area contributed by atoms with E-state index in [1.807, 2.05) is 29.2 Å². The van der Waals surface area contributed by atoms with Crippen LogP contribution in [0.3, 0.4) is 0 Å². The highest BCUT2D eigenvalue weighted by molar-refractivity contribution is 6.33. The van der Waals surface area contributed by atoms with Crippen LogP contribution in [0.1, 0.15) is 47.8 Å². The summed E-state index contributed by atoms with van der Waals surface area (Å²) >= 11 is 6.18. The summed E-state index contributed by atoms with van der Waals surface area (Å²) in [5, 5.41) is 4.63. The van der Waals surface area contributed by atoms with E-state index in [9.17, 15) is 4.79 Å². The summed E-state index contributed by atoms with van der Waals surface area (Å²) in [5.74, 6) is 2.60. The molecular formula is C23H24ClN5O2. The van der Waals surface area contributed by atoms with Gasteiger partial charge in [0.25, 0.3) is 5.91 Å². The Kier molecular flexibility index (Phi) is 5.59. The Morgan fingerprint density at radius 1 is 1.03 bits per heavy atom. The van der Waals surface area contributed by atoms with Crippen molar-refractivity contribution in [1.82, 2.24) is 20.0 Å². The van der Waals surface area contributed by atoms with E-state index in [4.69, 9.17) is 16.1 Å². The maximum absolute atomic E-state index is 12.7. The predicted molar refractivity (Wildman–Crippen MR) is 118 cm³/mol. The fourth-order valence-electron chi connectivity index (χ4n) is 4.34. The number of hydrogen-bond donors (Lipinski definition) is 0. The van der Waals surface area contributed by atoms with Crippen LogP contribution in [0.4, 0.5) is 5.82 Å². The lowest BCUT2D eigenvalue weighted by atomic mass is 10.1. The molecule has 0 bridgehead atoms. The number of amides is 1. The van der Waals surface area contributed by atoms with E-state index in [0.29, 0.717) is 35.4 Å². The fourth-order valence-corrected chi connectivity index (χ4v) is 4.56. The molecule has 7 nitrogen and oxygen atoms in total. The third-order valence-corrected chi connectivity index (χ3v) is 6.48. The summed E-state index contributed by atoms with van der Waals surface area (Å²) in [6, 6.07) is 11.1. The van der Waals surface area contributed by atoms with Crippen molar-refractivity contribution in [2.45, 2.75) is 31.6 Å². The summed E-state index contributed by atoms with van der Waals surface area (Å²) in [7, 11) is 0. The monoisotopic (exact) mass is 437 g/mol. The largest absolute Gasteiger partial charge is 0.353 e.